The molecule has 0 radical (unpaired) electrons. The number of amides is 3. The average Bonchev–Trinajstić information content (AvgIpc) is 2.89. The monoisotopic (exact) mass is 355 g/mol. The highest BCUT2D eigenvalue weighted by atomic mass is 16.5. The number of benzene rings is 1. The first-order valence-corrected chi connectivity index (χ1v) is 9.75. The molecule has 1 atom stereocenters. The van der Waals surface area contributed by atoms with Gasteiger partial charge in [0.15, 0.2) is 0 Å². The lowest BCUT2D eigenvalue weighted by Crippen LogP contribution is -2.54. The number of imide groups is 1. The molecular formula is C20H25N3O3. The number of nitrogens with one attached hydrogen (secondary N) is 3. The van der Waals surface area contributed by atoms with E-state index in [0.29, 0.717) is 24.9 Å². The summed E-state index contributed by atoms with van der Waals surface area (Å²) in [5.41, 5.74) is 0.580. The Morgan fingerprint density at radius 2 is 1.85 bits per heavy atom. The molecule has 6 heteroatoms. The van der Waals surface area contributed by atoms with Gasteiger partial charge in [-0.25, -0.2) is 4.79 Å². The zero-order chi connectivity index (χ0) is 17.8. The number of ether oxygens (including phenoxy) is 1. The lowest BCUT2D eigenvalue weighted by Gasteiger charge is -2.49. The average molecular weight is 355 g/mol. The molecule has 26 heavy (non-hydrogen) atoms. The molecule has 2 aliphatic carbocycles. The van der Waals surface area contributed by atoms with Crippen LogP contribution in [0.2, 0.25) is 0 Å². The van der Waals surface area contributed by atoms with Gasteiger partial charge < -0.3 is 15.4 Å². The Kier molecular flexibility index (Phi) is 3.54. The smallest absolute Gasteiger partial charge is 0.322 e. The van der Waals surface area contributed by atoms with E-state index >= 15 is 0 Å². The van der Waals surface area contributed by atoms with Crippen LogP contribution in [-0.4, -0.2) is 29.1 Å². The molecule has 6 nitrogen and oxygen atoms in total. The Labute approximate surface area is 153 Å². The predicted molar refractivity (Wildman–Crippen MR) is 95.8 cm³/mol. The SMILES string of the molecule is O=C1NC(=O)C2(CCC(NC3CC4(CCC4)Oc4ccccc43)CC2)N1. The summed E-state index contributed by atoms with van der Waals surface area (Å²) < 4.78 is 6.34. The minimum absolute atomic E-state index is 0.0151. The second-order valence-corrected chi connectivity index (χ2v) is 8.36. The van der Waals surface area contributed by atoms with Crippen molar-refractivity contribution in [3.8, 4) is 5.75 Å². The van der Waals surface area contributed by atoms with Crippen molar-refractivity contribution in [1.29, 1.82) is 0 Å². The van der Waals surface area contributed by atoms with E-state index in [9.17, 15) is 9.59 Å². The Morgan fingerprint density at radius 3 is 2.50 bits per heavy atom. The molecule has 2 saturated carbocycles. The second-order valence-electron chi connectivity index (χ2n) is 8.36. The molecule has 0 aromatic heterocycles. The fraction of sp³-hybridized carbons (Fsp3) is 0.600. The molecule has 0 bridgehead atoms. The van der Waals surface area contributed by atoms with Crippen LogP contribution < -0.4 is 20.7 Å². The molecule has 2 heterocycles. The Morgan fingerprint density at radius 1 is 1.08 bits per heavy atom. The Balaban J connectivity index is 1.30. The van der Waals surface area contributed by atoms with Crippen LogP contribution >= 0.6 is 0 Å². The van der Waals surface area contributed by atoms with Gasteiger partial charge in [-0.3, -0.25) is 10.1 Å². The summed E-state index contributed by atoms with van der Waals surface area (Å²) in [5.74, 6) is 0.858. The van der Waals surface area contributed by atoms with Crippen molar-refractivity contribution < 1.29 is 14.3 Å². The van der Waals surface area contributed by atoms with E-state index in [4.69, 9.17) is 4.74 Å². The van der Waals surface area contributed by atoms with Gasteiger partial charge in [0.25, 0.3) is 5.91 Å². The van der Waals surface area contributed by atoms with Gasteiger partial charge in [-0.15, -0.1) is 0 Å². The van der Waals surface area contributed by atoms with Crippen LogP contribution in [0.15, 0.2) is 24.3 Å². The maximum atomic E-state index is 12.1. The van der Waals surface area contributed by atoms with Crippen LogP contribution in [0.4, 0.5) is 4.79 Å². The Bertz CT molecular complexity index is 750. The number of carbonyl (C=O) groups is 2. The van der Waals surface area contributed by atoms with E-state index in [0.717, 1.165) is 37.9 Å². The number of hydrogen-bond acceptors (Lipinski definition) is 4. The van der Waals surface area contributed by atoms with Crippen molar-refractivity contribution >= 4 is 11.9 Å². The molecule has 5 rings (SSSR count). The van der Waals surface area contributed by atoms with E-state index < -0.39 is 5.54 Å². The Hall–Kier alpha value is -2.08. The van der Waals surface area contributed by atoms with E-state index in [1.165, 1.54) is 12.0 Å². The zero-order valence-corrected chi connectivity index (χ0v) is 14.8. The summed E-state index contributed by atoms with van der Waals surface area (Å²) in [7, 11) is 0. The number of fused-ring (bicyclic) bond motifs is 1. The molecule has 3 fully saturated rings. The summed E-state index contributed by atoms with van der Waals surface area (Å²) in [6, 6.07) is 8.66. The van der Waals surface area contributed by atoms with Crippen LogP contribution in [0.25, 0.3) is 0 Å². The minimum Gasteiger partial charge on any atom is -0.487 e. The largest absolute Gasteiger partial charge is 0.487 e. The zero-order valence-electron chi connectivity index (χ0n) is 14.8. The highest BCUT2D eigenvalue weighted by Crippen LogP contribution is 2.49. The molecule has 1 aromatic rings. The number of para-hydroxylation sites is 1. The number of hydrogen-bond donors (Lipinski definition) is 3. The molecule has 4 aliphatic rings. The van der Waals surface area contributed by atoms with Crippen LogP contribution in [-0.2, 0) is 4.79 Å². The van der Waals surface area contributed by atoms with Gasteiger partial charge >= 0.3 is 6.03 Å². The maximum Gasteiger partial charge on any atom is 0.322 e. The van der Waals surface area contributed by atoms with Gasteiger partial charge in [-0.05, 0) is 51.0 Å². The fourth-order valence-electron chi connectivity index (χ4n) is 5.09. The van der Waals surface area contributed by atoms with Gasteiger partial charge in [0.1, 0.15) is 16.9 Å². The first kappa shape index (κ1) is 16.1. The third-order valence-corrected chi connectivity index (χ3v) is 6.75. The summed E-state index contributed by atoms with van der Waals surface area (Å²) in [5, 5.41) is 9.07. The standard InChI is InChI=1S/C20H25N3O3/c24-17-20(23-18(25)22-17)10-6-13(7-11-20)21-15-12-19(8-3-9-19)26-16-5-2-1-4-14(15)16/h1-2,4-5,13,15,21H,3,6-12H2,(H2,22,23,24,25). The van der Waals surface area contributed by atoms with Crippen LogP contribution in [0.5, 0.6) is 5.75 Å². The highest BCUT2D eigenvalue weighted by Gasteiger charge is 2.49. The molecule has 1 saturated heterocycles. The van der Waals surface area contributed by atoms with Crippen molar-refractivity contribution in [2.45, 2.75) is 74.6 Å². The quantitative estimate of drug-likeness (QED) is 0.713. The van der Waals surface area contributed by atoms with Crippen molar-refractivity contribution in [1.82, 2.24) is 16.0 Å². The molecule has 1 aromatic carbocycles. The van der Waals surface area contributed by atoms with Crippen molar-refractivity contribution in [3.05, 3.63) is 29.8 Å². The van der Waals surface area contributed by atoms with Gasteiger partial charge in [-0.1, -0.05) is 18.2 Å². The lowest BCUT2D eigenvalue weighted by molar-refractivity contribution is -0.125. The third-order valence-electron chi connectivity index (χ3n) is 6.75. The molecule has 3 amide bonds. The van der Waals surface area contributed by atoms with E-state index in [2.05, 4.69) is 34.1 Å². The third kappa shape index (κ3) is 2.50. The first-order chi connectivity index (χ1) is 12.6. The van der Waals surface area contributed by atoms with E-state index in [-0.39, 0.29) is 17.5 Å². The van der Waals surface area contributed by atoms with Gasteiger partial charge in [0.2, 0.25) is 0 Å². The fourth-order valence-corrected chi connectivity index (χ4v) is 5.09. The van der Waals surface area contributed by atoms with Crippen LogP contribution in [0.1, 0.15) is 63.0 Å². The van der Waals surface area contributed by atoms with Crippen LogP contribution in [0.3, 0.4) is 0 Å². The summed E-state index contributed by atoms with van der Waals surface area (Å²) in [6.07, 6.45) is 7.70. The summed E-state index contributed by atoms with van der Waals surface area (Å²) in [4.78, 5) is 23.6. The van der Waals surface area contributed by atoms with Crippen LogP contribution in [0, 0.1) is 0 Å². The summed E-state index contributed by atoms with van der Waals surface area (Å²) >= 11 is 0. The van der Waals surface area contributed by atoms with Crippen molar-refractivity contribution in [2.75, 3.05) is 0 Å². The number of rotatable bonds is 2. The molecule has 1 unspecified atom stereocenters. The van der Waals surface area contributed by atoms with E-state index in [1.807, 2.05) is 6.07 Å². The molecule has 138 valence electrons. The predicted octanol–water partition coefficient (Wildman–Crippen LogP) is 2.54. The number of urea groups is 1. The normalized spacial score (nSPS) is 34.6. The van der Waals surface area contributed by atoms with E-state index in [1.54, 1.807) is 0 Å². The van der Waals surface area contributed by atoms with Gasteiger partial charge in [0, 0.05) is 24.1 Å². The molecule has 3 N–H and O–H groups in total. The highest BCUT2D eigenvalue weighted by molar-refractivity contribution is 6.07. The second kappa shape index (κ2) is 5.71. The van der Waals surface area contributed by atoms with Gasteiger partial charge in [-0.2, -0.15) is 0 Å². The molecule has 2 spiro atoms. The minimum atomic E-state index is -0.682. The van der Waals surface area contributed by atoms with Crippen molar-refractivity contribution in [3.63, 3.8) is 0 Å². The molecular weight excluding hydrogens is 330 g/mol. The first-order valence-electron chi connectivity index (χ1n) is 9.75. The topological polar surface area (TPSA) is 79.5 Å². The van der Waals surface area contributed by atoms with Crippen molar-refractivity contribution in [2.24, 2.45) is 0 Å². The number of carbonyl (C=O) groups excluding carboxylic acids is 2. The van der Waals surface area contributed by atoms with Gasteiger partial charge in [0.05, 0.1) is 0 Å². The lowest BCUT2D eigenvalue weighted by atomic mass is 9.72. The molecule has 2 aliphatic heterocycles. The maximum absolute atomic E-state index is 12.1. The summed E-state index contributed by atoms with van der Waals surface area (Å²) in [6.45, 7) is 0.